The number of rotatable bonds is 4. The Morgan fingerprint density at radius 2 is 1.68 bits per heavy atom. The molecule has 0 spiro atoms. The van der Waals surface area contributed by atoms with E-state index in [0.717, 1.165) is 5.56 Å². The van der Waals surface area contributed by atoms with Crippen LogP contribution in [0.2, 0.25) is 0 Å². The minimum Gasteiger partial charge on any atom is -0.324 e. The topological polar surface area (TPSA) is 114 Å². The van der Waals surface area contributed by atoms with Gasteiger partial charge in [-0.3, -0.25) is 0 Å². The van der Waals surface area contributed by atoms with Crippen LogP contribution in [0, 0.1) is 12.7 Å². The van der Waals surface area contributed by atoms with E-state index in [1.807, 2.05) is 0 Å². The van der Waals surface area contributed by atoms with Crippen LogP contribution in [-0.2, 0) is 0 Å². The zero-order chi connectivity index (χ0) is 13.8. The molecule has 19 heavy (non-hydrogen) atoms. The maximum absolute atomic E-state index is 13.0. The van der Waals surface area contributed by atoms with Gasteiger partial charge >= 0.3 is 0 Å². The molecule has 8 heteroatoms. The molecule has 0 radical (unpaired) electrons. The number of nitrogen functional groups attached to an aromatic ring is 2. The Balaban J connectivity index is 2.31. The number of aryl methyl sites for hydroxylation is 1. The van der Waals surface area contributed by atoms with Gasteiger partial charge in [0, 0.05) is 11.8 Å². The van der Waals surface area contributed by atoms with E-state index in [9.17, 15) is 4.39 Å². The molecule has 7 N–H and O–H groups in total. The molecule has 1 aromatic carbocycles. The largest absolute Gasteiger partial charge is 0.324 e. The summed E-state index contributed by atoms with van der Waals surface area (Å²) >= 11 is 0. The van der Waals surface area contributed by atoms with Crippen molar-refractivity contribution in [2.45, 2.75) is 6.92 Å². The highest BCUT2D eigenvalue weighted by Gasteiger charge is 2.06. The Morgan fingerprint density at radius 3 is 2.21 bits per heavy atom. The first-order valence-corrected chi connectivity index (χ1v) is 5.48. The van der Waals surface area contributed by atoms with E-state index < -0.39 is 0 Å². The molecule has 0 aliphatic rings. The summed E-state index contributed by atoms with van der Waals surface area (Å²) in [5, 5.41) is 2.97. The molecule has 0 fully saturated rings. The minimum atomic E-state index is -0.300. The second-order valence-corrected chi connectivity index (χ2v) is 3.83. The van der Waals surface area contributed by atoms with E-state index in [2.05, 4.69) is 26.1 Å². The van der Waals surface area contributed by atoms with Gasteiger partial charge in [-0.05, 0) is 30.7 Å². The Hall–Kier alpha value is -2.45. The molecule has 0 aliphatic carbocycles. The number of nitrogens with one attached hydrogen (secondary N) is 3. The summed E-state index contributed by atoms with van der Waals surface area (Å²) in [6.45, 7) is 1.78. The van der Waals surface area contributed by atoms with Gasteiger partial charge in [0.1, 0.15) is 17.5 Å². The summed E-state index contributed by atoms with van der Waals surface area (Å²) in [5.74, 6) is 11.4. The molecule has 1 aromatic heterocycles. The van der Waals surface area contributed by atoms with E-state index >= 15 is 0 Å². The van der Waals surface area contributed by atoms with Crippen LogP contribution in [0.3, 0.4) is 0 Å². The summed E-state index contributed by atoms with van der Waals surface area (Å²) in [4.78, 5) is 8.22. The second kappa shape index (κ2) is 5.46. The number of benzene rings is 1. The van der Waals surface area contributed by atoms with Crippen molar-refractivity contribution in [3.8, 4) is 0 Å². The van der Waals surface area contributed by atoms with Gasteiger partial charge in [0.2, 0.25) is 5.95 Å². The van der Waals surface area contributed by atoms with Crippen molar-refractivity contribution in [1.29, 1.82) is 0 Å². The average molecular weight is 263 g/mol. The van der Waals surface area contributed by atoms with Crippen LogP contribution in [0.5, 0.6) is 0 Å². The van der Waals surface area contributed by atoms with Crippen molar-refractivity contribution in [3.63, 3.8) is 0 Å². The van der Waals surface area contributed by atoms with Gasteiger partial charge < -0.3 is 16.2 Å². The summed E-state index contributed by atoms with van der Waals surface area (Å²) in [6, 6.07) is 5.91. The molecular weight excluding hydrogens is 249 g/mol. The number of hydrazine groups is 2. The van der Waals surface area contributed by atoms with Crippen LogP contribution in [0.4, 0.5) is 27.7 Å². The van der Waals surface area contributed by atoms with E-state index in [1.54, 1.807) is 19.1 Å². The van der Waals surface area contributed by atoms with E-state index in [-0.39, 0.29) is 11.8 Å². The molecule has 0 bridgehead atoms. The maximum Gasteiger partial charge on any atom is 0.231 e. The molecule has 7 nitrogen and oxygen atoms in total. The van der Waals surface area contributed by atoms with Crippen molar-refractivity contribution in [2.24, 2.45) is 11.7 Å². The lowest BCUT2D eigenvalue weighted by molar-refractivity contribution is 0.627. The Kier molecular flexibility index (Phi) is 3.74. The first-order chi connectivity index (χ1) is 9.12. The number of hydrogen-bond acceptors (Lipinski definition) is 7. The third-order valence-corrected chi connectivity index (χ3v) is 2.46. The smallest absolute Gasteiger partial charge is 0.231 e. The third kappa shape index (κ3) is 3.06. The van der Waals surface area contributed by atoms with Crippen molar-refractivity contribution >= 4 is 23.3 Å². The summed E-state index contributed by atoms with van der Waals surface area (Å²) < 4.78 is 13.0. The van der Waals surface area contributed by atoms with Gasteiger partial charge in [-0.25, -0.2) is 16.1 Å². The Morgan fingerprint density at radius 1 is 1.05 bits per heavy atom. The van der Waals surface area contributed by atoms with Crippen molar-refractivity contribution in [1.82, 2.24) is 9.97 Å². The molecule has 2 aromatic rings. The van der Waals surface area contributed by atoms with E-state index in [4.69, 9.17) is 11.7 Å². The lowest BCUT2D eigenvalue weighted by Gasteiger charge is -2.10. The molecule has 0 saturated carbocycles. The monoisotopic (exact) mass is 263 g/mol. The predicted octanol–water partition coefficient (Wildman–Crippen LogP) is 1.24. The summed E-state index contributed by atoms with van der Waals surface area (Å²) in [7, 11) is 0. The van der Waals surface area contributed by atoms with Crippen LogP contribution < -0.4 is 27.9 Å². The fourth-order valence-corrected chi connectivity index (χ4v) is 1.54. The summed E-state index contributed by atoms with van der Waals surface area (Å²) in [6.07, 6.45) is 0. The lowest BCUT2D eigenvalue weighted by Crippen LogP contribution is -2.14. The number of hydrogen-bond donors (Lipinski definition) is 5. The highest BCUT2D eigenvalue weighted by molar-refractivity contribution is 5.61. The van der Waals surface area contributed by atoms with Crippen LogP contribution in [-0.4, -0.2) is 9.97 Å². The van der Waals surface area contributed by atoms with Gasteiger partial charge in [0.25, 0.3) is 0 Å². The Bertz CT molecular complexity index is 565. The number of anilines is 4. The molecule has 2 rings (SSSR count). The molecule has 0 aliphatic heterocycles. The highest BCUT2D eigenvalue weighted by atomic mass is 19.1. The average Bonchev–Trinajstić information content (AvgIpc) is 2.41. The van der Waals surface area contributed by atoms with Crippen molar-refractivity contribution in [2.75, 3.05) is 16.2 Å². The zero-order valence-corrected chi connectivity index (χ0v) is 10.2. The quantitative estimate of drug-likeness (QED) is 0.416. The van der Waals surface area contributed by atoms with Crippen molar-refractivity contribution in [3.05, 3.63) is 35.6 Å². The normalized spacial score (nSPS) is 10.1. The first kappa shape index (κ1) is 13.0. The molecule has 0 atom stereocenters. The van der Waals surface area contributed by atoms with Gasteiger partial charge in [-0.1, -0.05) is 0 Å². The van der Waals surface area contributed by atoms with Crippen molar-refractivity contribution < 1.29 is 4.39 Å². The number of nitrogens with zero attached hydrogens (tertiary/aromatic N) is 2. The Labute approximate surface area is 109 Å². The van der Waals surface area contributed by atoms with Gasteiger partial charge in [0.15, 0.2) is 0 Å². The standard InChI is InChI=1S/C11H14FN7/c1-6-4-7(12)2-3-8(6)15-11-16-9(18-13)5-10(17-11)19-14/h2-5H,13-14H2,1H3,(H3,15,16,17,18,19). The maximum atomic E-state index is 13.0. The zero-order valence-electron chi connectivity index (χ0n) is 10.2. The second-order valence-electron chi connectivity index (χ2n) is 3.83. The highest BCUT2D eigenvalue weighted by Crippen LogP contribution is 2.21. The fraction of sp³-hybridized carbons (Fsp3) is 0.0909. The number of halogens is 1. The van der Waals surface area contributed by atoms with E-state index in [1.165, 1.54) is 12.1 Å². The van der Waals surface area contributed by atoms with E-state index in [0.29, 0.717) is 17.3 Å². The van der Waals surface area contributed by atoms with Gasteiger partial charge in [0.05, 0.1) is 0 Å². The molecule has 100 valence electrons. The van der Waals surface area contributed by atoms with Gasteiger partial charge in [-0.15, -0.1) is 0 Å². The SMILES string of the molecule is Cc1cc(F)ccc1Nc1nc(NN)cc(NN)n1. The van der Waals surface area contributed by atoms with Crippen LogP contribution >= 0.6 is 0 Å². The predicted molar refractivity (Wildman–Crippen MR) is 72.1 cm³/mol. The fourth-order valence-electron chi connectivity index (χ4n) is 1.54. The van der Waals surface area contributed by atoms with Crippen LogP contribution in [0.15, 0.2) is 24.3 Å². The molecule has 0 unspecified atom stereocenters. The van der Waals surface area contributed by atoms with Crippen LogP contribution in [0.25, 0.3) is 0 Å². The first-order valence-electron chi connectivity index (χ1n) is 5.48. The van der Waals surface area contributed by atoms with Gasteiger partial charge in [-0.2, -0.15) is 9.97 Å². The lowest BCUT2D eigenvalue weighted by atomic mass is 10.2. The molecular formula is C11H14FN7. The minimum absolute atomic E-state index is 0.290. The summed E-state index contributed by atoms with van der Waals surface area (Å²) in [5.41, 5.74) is 6.24. The molecule has 0 amide bonds. The van der Waals surface area contributed by atoms with Crippen LogP contribution in [0.1, 0.15) is 5.56 Å². The molecule has 0 saturated heterocycles. The molecule has 1 heterocycles. The third-order valence-electron chi connectivity index (χ3n) is 2.46. The number of aromatic nitrogens is 2. The number of nitrogens with two attached hydrogens (primary N) is 2.